The van der Waals surface area contributed by atoms with Crippen molar-refractivity contribution in [1.29, 1.82) is 0 Å². The van der Waals surface area contributed by atoms with Crippen LogP contribution in [0.25, 0.3) is 0 Å². The van der Waals surface area contributed by atoms with Crippen molar-refractivity contribution in [3.63, 3.8) is 0 Å². The normalized spacial score (nSPS) is 10.7. The fraction of sp³-hybridized carbons (Fsp3) is 0.0909. The number of carbonyl (C=O) groups is 1. The summed E-state index contributed by atoms with van der Waals surface area (Å²) in [5.41, 5.74) is 4.59. The van der Waals surface area contributed by atoms with E-state index in [9.17, 15) is 4.79 Å². The van der Waals surface area contributed by atoms with Gasteiger partial charge in [-0.3, -0.25) is 4.79 Å². The number of nitrogens with one attached hydrogen (secondary N) is 1. The largest absolute Gasteiger partial charge is 0.497 e. The van der Waals surface area contributed by atoms with Gasteiger partial charge in [0.2, 0.25) is 0 Å². The van der Waals surface area contributed by atoms with E-state index in [2.05, 4.69) is 10.5 Å². The van der Waals surface area contributed by atoms with Gasteiger partial charge in [0.05, 0.1) is 13.3 Å². The lowest BCUT2D eigenvalue weighted by atomic mass is 10.2. The average molecular weight is 429 g/mol. The van der Waals surface area contributed by atoms with E-state index in [1.54, 1.807) is 49.7 Å². The number of hydrogen-bond donors (Lipinski definition) is 1. The van der Waals surface area contributed by atoms with E-state index in [4.69, 9.17) is 32.7 Å². The van der Waals surface area contributed by atoms with Crippen LogP contribution in [-0.2, 0) is 6.61 Å². The van der Waals surface area contributed by atoms with Gasteiger partial charge in [-0.1, -0.05) is 41.4 Å². The highest BCUT2D eigenvalue weighted by Crippen LogP contribution is 2.23. The molecule has 0 heterocycles. The molecule has 3 aromatic rings. The highest BCUT2D eigenvalue weighted by molar-refractivity contribution is 6.35. The quantitative estimate of drug-likeness (QED) is 0.407. The standard InChI is InChI=1S/C22H18Cl2N2O3/c1-28-20-4-2-3-15(11-20)13-25-26-22(27)16-6-9-19(10-7-16)29-14-17-5-8-18(23)12-21(17)24/h2-13H,14H2,1H3,(H,26,27)/b25-13+. The Labute approximate surface area is 178 Å². The Hall–Kier alpha value is -3.02. The molecule has 0 spiro atoms. The van der Waals surface area contributed by atoms with Crippen LogP contribution in [0.2, 0.25) is 10.0 Å². The molecule has 0 radical (unpaired) electrons. The molecule has 3 rings (SSSR count). The third-order valence-corrected chi connectivity index (χ3v) is 4.59. The van der Waals surface area contributed by atoms with Gasteiger partial charge in [0, 0.05) is 21.2 Å². The lowest BCUT2D eigenvalue weighted by molar-refractivity contribution is 0.0955. The van der Waals surface area contributed by atoms with Gasteiger partial charge < -0.3 is 9.47 Å². The van der Waals surface area contributed by atoms with Crippen molar-refractivity contribution in [2.24, 2.45) is 5.10 Å². The molecule has 29 heavy (non-hydrogen) atoms. The summed E-state index contributed by atoms with van der Waals surface area (Å²) in [6.45, 7) is 0.298. The number of carbonyl (C=O) groups excluding carboxylic acids is 1. The molecular weight excluding hydrogens is 411 g/mol. The van der Waals surface area contributed by atoms with Gasteiger partial charge in [-0.2, -0.15) is 5.10 Å². The predicted molar refractivity (Wildman–Crippen MR) is 115 cm³/mol. The first kappa shape index (κ1) is 20.7. The van der Waals surface area contributed by atoms with Crippen LogP contribution < -0.4 is 14.9 Å². The number of amides is 1. The van der Waals surface area contributed by atoms with Gasteiger partial charge >= 0.3 is 0 Å². The minimum Gasteiger partial charge on any atom is -0.497 e. The lowest BCUT2D eigenvalue weighted by Gasteiger charge is -2.08. The molecule has 7 heteroatoms. The van der Waals surface area contributed by atoms with Crippen LogP contribution in [0.1, 0.15) is 21.5 Å². The first-order valence-electron chi connectivity index (χ1n) is 8.69. The highest BCUT2D eigenvalue weighted by atomic mass is 35.5. The first-order chi connectivity index (χ1) is 14.0. The first-order valence-corrected chi connectivity index (χ1v) is 9.45. The van der Waals surface area contributed by atoms with Crippen molar-refractivity contribution in [2.75, 3.05) is 7.11 Å². The van der Waals surface area contributed by atoms with Crippen LogP contribution >= 0.6 is 23.2 Å². The van der Waals surface area contributed by atoms with Gasteiger partial charge in [0.1, 0.15) is 18.1 Å². The van der Waals surface area contributed by atoms with Crippen LogP contribution in [0.3, 0.4) is 0 Å². The van der Waals surface area contributed by atoms with Gasteiger partial charge in [-0.25, -0.2) is 5.43 Å². The van der Waals surface area contributed by atoms with Gasteiger partial charge in [-0.15, -0.1) is 0 Å². The maximum absolute atomic E-state index is 12.2. The summed E-state index contributed by atoms with van der Waals surface area (Å²) in [5.74, 6) is 1.01. The SMILES string of the molecule is COc1cccc(/C=N/NC(=O)c2ccc(OCc3ccc(Cl)cc3Cl)cc2)c1. The Balaban J connectivity index is 1.54. The van der Waals surface area contributed by atoms with Crippen LogP contribution in [-0.4, -0.2) is 19.2 Å². The fourth-order valence-corrected chi connectivity index (χ4v) is 2.92. The minimum atomic E-state index is -0.323. The number of benzene rings is 3. The van der Waals surface area contributed by atoms with E-state index < -0.39 is 0 Å². The molecule has 0 fully saturated rings. The average Bonchev–Trinajstić information content (AvgIpc) is 2.73. The Morgan fingerprint density at radius 3 is 2.55 bits per heavy atom. The Morgan fingerprint density at radius 2 is 1.83 bits per heavy atom. The minimum absolute atomic E-state index is 0.298. The second-order valence-electron chi connectivity index (χ2n) is 6.02. The van der Waals surface area contributed by atoms with Gasteiger partial charge in [0.25, 0.3) is 5.91 Å². The second-order valence-corrected chi connectivity index (χ2v) is 6.87. The summed E-state index contributed by atoms with van der Waals surface area (Å²) in [7, 11) is 1.59. The predicted octanol–water partition coefficient (Wildman–Crippen LogP) is 5.34. The molecule has 5 nitrogen and oxygen atoms in total. The van der Waals surface area contributed by atoms with Crippen molar-refractivity contribution >= 4 is 35.3 Å². The topological polar surface area (TPSA) is 59.9 Å². The lowest BCUT2D eigenvalue weighted by Crippen LogP contribution is -2.17. The third-order valence-electron chi connectivity index (χ3n) is 4.00. The highest BCUT2D eigenvalue weighted by Gasteiger charge is 2.06. The van der Waals surface area contributed by atoms with E-state index in [1.807, 2.05) is 30.3 Å². The molecule has 1 N–H and O–H groups in total. The molecule has 0 aliphatic carbocycles. The molecular formula is C22H18Cl2N2O3. The summed E-state index contributed by atoms with van der Waals surface area (Å²) in [6, 6.07) is 19.3. The van der Waals surface area contributed by atoms with E-state index in [0.717, 1.165) is 16.9 Å². The molecule has 0 atom stereocenters. The van der Waals surface area contributed by atoms with Crippen LogP contribution in [0, 0.1) is 0 Å². The van der Waals surface area contributed by atoms with Crippen LogP contribution in [0.15, 0.2) is 71.8 Å². The van der Waals surface area contributed by atoms with Gasteiger partial charge in [-0.05, 0) is 54.1 Å². The second kappa shape index (κ2) is 9.96. The molecule has 0 bridgehead atoms. The maximum atomic E-state index is 12.2. The van der Waals surface area contributed by atoms with E-state index in [0.29, 0.717) is 28.0 Å². The molecule has 0 saturated heterocycles. The van der Waals surface area contributed by atoms with Crippen molar-refractivity contribution in [1.82, 2.24) is 5.43 Å². The Bertz CT molecular complexity index is 1020. The molecule has 3 aromatic carbocycles. The number of hydrazone groups is 1. The number of hydrogen-bond acceptors (Lipinski definition) is 4. The van der Waals surface area contributed by atoms with Crippen molar-refractivity contribution < 1.29 is 14.3 Å². The maximum Gasteiger partial charge on any atom is 0.271 e. The molecule has 0 aliphatic rings. The fourth-order valence-electron chi connectivity index (χ4n) is 2.45. The van der Waals surface area contributed by atoms with E-state index in [1.165, 1.54) is 0 Å². The van der Waals surface area contributed by atoms with E-state index >= 15 is 0 Å². The smallest absolute Gasteiger partial charge is 0.271 e. The third kappa shape index (κ3) is 5.98. The Morgan fingerprint density at radius 1 is 1.03 bits per heavy atom. The van der Waals surface area contributed by atoms with Crippen LogP contribution in [0.5, 0.6) is 11.5 Å². The molecule has 0 aliphatic heterocycles. The zero-order valence-electron chi connectivity index (χ0n) is 15.6. The monoisotopic (exact) mass is 428 g/mol. The number of rotatable bonds is 7. The number of ether oxygens (including phenoxy) is 2. The summed E-state index contributed by atoms with van der Waals surface area (Å²) in [6.07, 6.45) is 1.55. The van der Waals surface area contributed by atoms with Crippen molar-refractivity contribution in [2.45, 2.75) is 6.61 Å². The summed E-state index contributed by atoms with van der Waals surface area (Å²) in [4.78, 5) is 12.2. The molecule has 0 unspecified atom stereocenters. The van der Waals surface area contributed by atoms with Crippen molar-refractivity contribution in [3.05, 3.63) is 93.5 Å². The molecule has 0 saturated carbocycles. The zero-order valence-corrected chi connectivity index (χ0v) is 17.1. The summed E-state index contributed by atoms with van der Waals surface area (Å²) < 4.78 is 10.9. The molecule has 148 valence electrons. The Kier molecular flexibility index (Phi) is 7.11. The van der Waals surface area contributed by atoms with Gasteiger partial charge in [0.15, 0.2) is 0 Å². The number of nitrogens with zero attached hydrogens (tertiary/aromatic N) is 1. The number of halogens is 2. The van der Waals surface area contributed by atoms with E-state index in [-0.39, 0.29) is 5.91 Å². The summed E-state index contributed by atoms with van der Waals surface area (Å²) in [5, 5.41) is 5.09. The summed E-state index contributed by atoms with van der Waals surface area (Å²) >= 11 is 12.0. The molecule has 0 aromatic heterocycles. The molecule has 1 amide bonds. The van der Waals surface area contributed by atoms with Crippen LogP contribution in [0.4, 0.5) is 0 Å². The van der Waals surface area contributed by atoms with Crippen molar-refractivity contribution in [3.8, 4) is 11.5 Å². The number of methoxy groups -OCH3 is 1. The zero-order chi connectivity index (χ0) is 20.6.